The van der Waals surface area contributed by atoms with Crippen LogP contribution in [0.5, 0.6) is 5.75 Å². The molecule has 0 aliphatic carbocycles. The molecule has 2 atom stereocenters. The Balaban J connectivity index is 1.48. The fraction of sp³-hybridized carbons (Fsp3) is 0.286. The number of carbonyl (C=O) groups is 2. The number of nitrogens with one attached hydrogen (secondary N) is 2. The smallest absolute Gasteiger partial charge is 0.220 e. The zero-order chi connectivity index (χ0) is 24.0. The quantitative estimate of drug-likeness (QED) is 0.444. The van der Waals surface area contributed by atoms with E-state index in [0.717, 1.165) is 22.4 Å². The number of benzene rings is 3. The molecule has 1 heterocycles. The Bertz CT molecular complexity index is 1130. The largest absolute Gasteiger partial charge is 0.497 e. The molecule has 1 aliphatic heterocycles. The van der Waals surface area contributed by atoms with Crippen LogP contribution in [0.4, 0.5) is 0 Å². The van der Waals surface area contributed by atoms with Crippen LogP contribution in [-0.4, -0.2) is 24.5 Å². The van der Waals surface area contributed by atoms with Crippen molar-refractivity contribution in [3.05, 3.63) is 101 Å². The van der Waals surface area contributed by atoms with Gasteiger partial charge in [0.25, 0.3) is 0 Å². The summed E-state index contributed by atoms with van der Waals surface area (Å²) in [6.45, 7) is 0. The molecular weight excluding hydrogens is 448 g/mol. The van der Waals surface area contributed by atoms with Gasteiger partial charge in [0.15, 0.2) is 0 Å². The normalized spacial score (nSPS) is 18.2. The summed E-state index contributed by atoms with van der Waals surface area (Å²) in [4.78, 5) is 25.3. The summed E-state index contributed by atoms with van der Waals surface area (Å²) in [5.74, 6) is 0.755. The van der Waals surface area contributed by atoms with Crippen LogP contribution in [0.3, 0.4) is 0 Å². The van der Waals surface area contributed by atoms with Crippen LogP contribution < -0.4 is 15.4 Å². The van der Waals surface area contributed by atoms with E-state index in [1.807, 2.05) is 78.9 Å². The van der Waals surface area contributed by atoms with Crippen LogP contribution in [0.15, 0.2) is 78.9 Å². The highest BCUT2D eigenvalue weighted by Gasteiger charge is 2.38. The third-order valence-corrected chi connectivity index (χ3v) is 6.64. The van der Waals surface area contributed by atoms with Gasteiger partial charge < -0.3 is 15.4 Å². The predicted octanol–water partition coefficient (Wildman–Crippen LogP) is 5.23. The molecule has 3 aromatic carbocycles. The van der Waals surface area contributed by atoms with Gasteiger partial charge in [0.05, 0.1) is 13.2 Å². The van der Waals surface area contributed by atoms with Gasteiger partial charge in [-0.15, -0.1) is 0 Å². The number of ether oxygens (including phenoxy) is 1. The van der Waals surface area contributed by atoms with E-state index in [4.69, 9.17) is 16.3 Å². The Labute approximate surface area is 205 Å². The Morgan fingerprint density at radius 1 is 1.06 bits per heavy atom. The molecule has 0 bridgehead atoms. The maximum absolute atomic E-state index is 13.1. The fourth-order valence-electron chi connectivity index (χ4n) is 4.60. The second-order valence-corrected chi connectivity index (χ2v) is 9.26. The van der Waals surface area contributed by atoms with E-state index in [-0.39, 0.29) is 17.9 Å². The first-order chi connectivity index (χ1) is 16.5. The summed E-state index contributed by atoms with van der Waals surface area (Å²) in [7, 11) is 1.64. The van der Waals surface area contributed by atoms with E-state index in [2.05, 4.69) is 10.6 Å². The van der Waals surface area contributed by atoms with Crippen molar-refractivity contribution in [2.45, 2.75) is 43.7 Å². The van der Waals surface area contributed by atoms with E-state index < -0.39 is 5.54 Å². The molecule has 0 aromatic heterocycles. The fourth-order valence-corrected chi connectivity index (χ4v) is 4.73. The lowest BCUT2D eigenvalue weighted by Gasteiger charge is -2.30. The zero-order valence-corrected chi connectivity index (χ0v) is 20.0. The summed E-state index contributed by atoms with van der Waals surface area (Å²) in [6.07, 6.45) is 2.70. The van der Waals surface area contributed by atoms with Gasteiger partial charge in [0, 0.05) is 23.4 Å². The van der Waals surface area contributed by atoms with Crippen molar-refractivity contribution in [2.24, 2.45) is 0 Å². The van der Waals surface area contributed by atoms with Crippen molar-refractivity contribution in [1.29, 1.82) is 0 Å². The molecule has 1 saturated heterocycles. The van der Waals surface area contributed by atoms with Gasteiger partial charge in [-0.05, 0) is 60.2 Å². The Kier molecular flexibility index (Phi) is 7.53. The summed E-state index contributed by atoms with van der Waals surface area (Å²) in [5.41, 5.74) is 2.59. The SMILES string of the molecule is COc1cccc(C[C@@]2(CCC(=O)N[C@@H](c3ccccc3)c3ccc(Cl)cc3)CCC(=O)N2)c1. The lowest BCUT2D eigenvalue weighted by atomic mass is 9.84. The third kappa shape index (κ3) is 5.97. The molecule has 34 heavy (non-hydrogen) atoms. The number of hydrogen-bond donors (Lipinski definition) is 2. The average Bonchev–Trinajstić information content (AvgIpc) is 3.23. The number of carbonyl (C=O) groups excluding carboxylic acids is 2. The number of methoxy groups -OCH3 is 1. The van der Waals surface area contributed by atoms with Gasteiger partial charge in [-0.25, -0.2) is 0 Å². The standard InChI is InChI=1S/C28H29ClN2O3/c1-34-24-9-5-6-20(18-24)19-28(17-15-26(33)31-28)16-14-25(32)30-27(21-7-3-2-4-8-21)22-10-12-23(29)13-11-22/h2-13,18,27H,14-17,19H2,1H3,(H,30,32)(H,31,33)/t27-,28+/m0/s1. The molecule has 1 fully saturated rings. The highest BCUT2D eigenvalue weighted by molar-refractivity contribution is 6.30. The van der Waals surface area contributed by atoms with Crippen molar-refractivity contribution < 1.29 is 14.3 Å². The van der Waals surface area contributed by atoms with Gasteiger partial charge in [-0.1, -0.05) is 66.2 Å². The summed E-state index contributed by atoms with van der Waals surface area (Å²) < 4.78 is 5.35. The van der Waals surface area contributed by atoms with Crippen LogP contribution in [0.2, 0.25) is 5.02 Å². The number of halogens is 1. The van der Waals surface area contributed by atoms with Crippen molar-refractivity contribution in [3.63, 3.8) is 0 Å². The second-order valence-electron chi connectivity index (χ2n) is 8.82. The Morgan fingerprint density at radius 2 is 1.79 bits per heavy atom. The van der Waals surface area contributed by atoms with Crippen molar-refractivity contribution >= 4 is 23.4 Å². The van der Waals surface area contributed by atoms with E-state index in [0.29, 0.717) is 37.1 Å². The highest BCUT2D eigenvalue weighted by Crippen LogP contribution is 2.31. The summed E-state index contributed by atoms with van der Waals surface area (Å²) in [5, 5.41) is 7.00. The zero-order valence-electron chi connectivity index (χ0n) is 19.2. The predicted molar refractivity (Wildman–Crippen MR) is 134 cm³/mol. The highest BCUT2D eigenvalue weighted by atomic mass is 35.5. The molecule has 5 nitrogen and oxygen atoms in total. The van der Waals surface area contributed by atoms with Crippen LogP contribution in [0.25, 0.3) is 0 Å². The van der Waals surface area contributed by atoms with Crippen molar-refractivity contribution in [1.82, 2.24) is 10.6 Å². The maximum Gasteiger partial charge on any atom is 0.220 e. The van der Waals surface area contributed by atoms with Crippen LogP contribution in [-0.2, 0) is 16.0 Å². The molecule has 6 heteroatoms. The maximum atomic E-state index is 13.1. The van der Waals surface area contributed by atoms with Crippen molar-refractivity contribution in [3.8, 4) is 5.75 Å². The minimum absolute atomic E-state index is 0.0339. The Hall–Kier alpha value is -3.31. The van der Waals surface area contributed by atoms with Crippen LogP contribution in [0, 0.1) is 0 Å². The van der Waals surface area contributed by atoms with Gasteiger partial charge in [0.1, 0.15) is 5.75 Å². The molecule has 2 amide bonds. The molecule has 4 rings (SSSR count). The third-order valence-electron chi connectivity index (χ3n) is 6.38. The molecule has 3 aromatic rings. The summed E-state index contributed by atoms with van der Waals surface area (Å²) in [6, 6.07) is 25.0. The molecule has 0 unspecified atom stereocenters. The first kappa shape index (κ1) is 23.8. The van der Waals surface area contributed by atoms with E-state index >= 15 is 0 Å². The van der Waals surface area contributed by atoms with E-state index in [1.165, 1.54) is 0 Å². The minimum atomic E-state index is -0.441. The first-order valence-electron chi connectivity index (χ1n) is 11.5. The molecule has 0 spiro atoms. The molecule has 2 N–H and O–H groups in total. The summed E-state index contributed by atoms with van der Waals surface area (Å²) >= 11 is 6.07. The second kappa shape index (κ2) is 10.7. The van der Waals surface area contributed by atoms with Crippen LogP contribution in [0.1, 0.15) is 48.4 Å². The van der Waals surface area contributed by atoms with Crippen molar-refractivity contribution in [2.75, 3.05) is 7.11 Å². The topological polar surface area (TPSA) is 67.4 Å². The molecular formula is C28H29ClN2O3. The Morgan fingerprint density at radius 3 is 2.47 bits per heavy atom. The van der Waals surface area contributed by atoms with Gasteiger partial charge >= 0.3 is 0 Å². The average molecular weight is 477 g/mol. The number of hydrogen-bond acceptors (Lipinski definition) is 3. The monoisotopic (exact) mass is 476 g/mol. The van der Waals surface area contributed by atoms with Gasteiger partial charge in [0.2, 0.25) is 11.8 Å². The first-order valence-corrected chi connectivity index (χ1v) is 11.9. The lowest BCUT2D eigenvalue weighted by Crippen LogP contribution is -2.44. The van der Waals surface area contributed by atoms with E-state index in [1.54, 1.807) is 7.11 Å². The minimum Gasteiger partial charge on any atom is -0.497 e. The van der Waals surface area contributed by atoms with Gasteiger partial charge in [-0.2, -0.15) is 0 Å². The lowest BCUT2D eigenvalue weighted by molar-refractivity contribution is -0.123. The van der Waals surface area contributed by atoms with Gasteiger partial charge in [-0.3, -0.25) is 9.59 Å². The molecule has 1 aliphatic rings. The van der Waals surface area contributed by atoms with Crippen LogP contribution >= 0.6 is 11.6 Å². The van der Waals surface area contributed by atoms with E-state index in [9.17, 15) is 9.59 Å². The molecule has 0 radical (unpaired) electrons. The molecule has 0 saturated carbocycles. The molecule has 176 valence electrons. The number of amides is 2. The number of rotatable bonds is 9.